The minimum Gasteiger partial charge on any atom is -0.274 e. The molecule has 35 heavy (non-hydrogen) atoms. The van der Waals surface area contributed by atoms with Crippen LogP contribution >= 0.6 is 0 Å². The molecule has 0 fully saturated rings. The van der Waals surface area contributed by atoms with Crippen molar-refractivity contribution in [1.29, 1.82) is 0 Å². The van der Waals surface area contributed by atoms with E-state index in [1.807, 2.05) is 24.5 Å². The molecule has 0 bridgehead atoms. The lowest BCUT2D eigenvalue weighted by atomic mass is 9.94. The predicted molar refractivity (Wildman–Crippen MR) is 140 cm³/mol. The van der Waals surface area contributed by atoms with Crippen molar-refractivity contribution >= 4 is 38.6 Å². The van der Waals surface area contributed by atoms with Gasteiger partial charge in [-0.15, -0.1) is 0 Å². The minimum atomic E-state index is 0.761. The quantitative estimate of drug-likeness (QED) is 0.243. The lowest BCUT2D eigenvalue weighted by Crippen LogP contribution is -1.96. The second-order valence-electron chi connectivity index (χ2n) is 9.64. The van der Waals surface area contributed by atoms with Crippen LogP contribution in [0.3, 0.4) is 0 Å². The summed E-state index contributed by atoms with van der Waals surface area (Å²) in [6, 6.07) is 26.4. The van der Waals surface area contributed by atoms with Crippen molar-refractivity contribution in [3.8, 4) is 22.3 Å². The Kier molecular flexibility index (Phi) is 3.11. The molecule has 0 amide bonds. The summed E-state index contributed by atoms with van der Waals surface area (Å²) in [7, 11) is 0. The minimum absolute atomic E-state index is 0.761. The first kappa shape index (κ1) is 17.8. The molecule has 0 radical (unpaired) electrons. The van der Waals surface area contributed by atoms with Crippen molar-refractivity contribution in [2.75, 3.05) is 0 Å². The second-order valence-corrected chi connectivity index (χ2v) is 9.64. The first-order valence-corrected chi connectivity index (χ1v) is 12.1. The van der Waals surface area contributed by atoms with Gasteiger partial charge in [0.1, 0.15) is 11.3 Å². The second kappa shape index (κ2) is 6.10. The van der Waals surface area contributed by atoms with Gasteiger partial charge in [0.15, 0.2) is 5.65 Å². The number of fused-ring (bicyclic) bond motifs is 16. The summed E-state index contributed by atoms with van der Waals surface area (Å²) in [6.45, 7) is 0. The highest BCUT2D eigenvalue weighted by molar-refractivity contribution is 6.16. The van der Waals surface area contributed by atoms with Crippen LogP contribution in [0.15, 0.2) is 85.2 Å². The van der Waals surface area contributed by atoms with Crippen molar-refractivity contribution < 1.29 is 0 Å². The van der Waals surface area contributed by atoms with Crippen molar-refractivity contribution in [2.45, 2.75) is 12.8 Å². The van der Waals surface area contributed by atoms with Crippen LogP contribution in [0.4, 0.5) is 0 Å². The predicted octanol–water partition coefficient (Wildman–Crippen LogP) is 6.73. The van der Waals surface area contributed by atoms with E-state index in [0.717, 1.165) is 40.7 Å². The zero-order chi connectivity index (χ0) is 22.7. The number of imidazole rings is 1. The first-order valence-electron chi connectivity index (χ1n) is 12.1. The molecule has 3 aromatic carbocycles. The van der Waals surface area contributed by atoms with E-state index in [1.54, 1.807) is 0 Å². The number of hydrogen-bond donors (Lipinski definition) is 0. The highest BCUT2D eigenvalue weighted by atomic mass is 15.1. The van der Waals surface area contributed by atoms with Crippen molar-refractivity contribution in [2.24, 2.45) is 0 Å². The molecular formula is C31H18N4. The van der Waals surface area contributed by atoms with Crippen LogP contribution in [0.5, 0.6) is 0 Å². The summed E-state index contributed by atoms with van der Waals surface area (Å²) in [5, 5.41) is 3.58. The van der Waals surface area contributed by atoms with E-state index in [4.69, 9.17) is 9.97 Å². The van der Waals surface area contributed by atoms with E-state index >= 15 is 0 Å². The van der Waals surface area contributed by atoms with Crippen LogP contribution in [-0.2, 0) is 12.8 Å². The number of pyridine rings is 3. The van der Waals surface area contributed by atoms with E-state index in [1.165, 1.54) is 55.3 Å². The summed E-state index contributed by atoms with van der Waals surface area (Å²) in [4.78, 5) is 14.4. The Morgan fingerprint density at radius 3 is 2.46 bits per heavy atom. The smallest absolute Gasteiger partial charge is 0.178 e. The lowest BCUT2D eigenvalue weighted by Gasteiger charge is -2.12. The highest BCUT2D eigenvalue weighted by Gasteiger charge is 2.30. The molecule has 4 aromatic heterocycles. The van der Waals surface area contributed by atoms with Crippen LogP contribution in [0.1, 0.15) is 22.3 Å². The summed E-state index contributed by atoms with van der Waals surface area (Å²) >= 11 is 0. The van der Waals surface area contributed by atoms with E-state index in [2.05, 4.69) is 70.0 Å². The number of aromatic nitrogens is 4. The van der Waals surface area contributed by atoms with Gasteiger partial charge in [0.05, 0.1) is 5.52 Å². The SMILES string of the molecule is c1ccc2c(c1)Cc1c-2ccc2c1-c1ccc3c4cccnc4n4c5cccnc5nc4c3c1C2. The molecule has 4 nitrogen and oxygen atoms in total. The Morgan fingerprint density at radius 1 is 0.600 bits per heavy atom. The van der Waals surface area contributed by atoms with Crippen LogP contribution in [-0.4, -0.2) is 19.4 Å². The molecule has 4 heteroatoms. The summed E-state index contributed by atoms with van der Waals surface area (Å²) < 4.78 is 2.20. The third-order valence-corrected chi connectivity index (χ3v) is 7.97. The van der Waals surface area contributed by atoms with E-state index < -0.39 is 0 Å². The Hall–Kier alpha value is -4.57. The van der Waals surface area contributed by atoms with Crippen molar-refractivity contribution in [1.82, 2.24) is 19.4 Å². The van der Waals surface area contributed by atoms with Gasteiger partial charge in [-0.1, -0.05) is 48.5 Å². The van der Waals surface area contributed by atoms with Crippen LogP contribution in [0.25, 0.3) is 60.9 Å². The van der Waals surface area contributed by atoms with E-state index in [-0.39, 0.29) is 0 Å². The molecule has 0 unspecified atom stereocenters. The molecule has 2 aliphatic carbocycles. The fourth-order valence-corrected chi connectivity index (χ4v) is 6.56. The van der Waals surface area contributed by atoms with Gasteiger partial charge < -0.3 is 0 Å². The molecular weight excluding hydrogens is 428 g/mol. The first-order chi connectivity index (χ1) is 17.4. The zero-order valence-electron chi connectivity index (χ0n) is 18.8. The van der Waals surface area contributed by atoms with Gasteiger partial charge in [0.25, 0.3) is 0 Å². The molecule has 9 rings (SSSR count). The van der Waals surface area contributed by atoms with Gasteiger partial charge in [-0.05, 0) is 87.0 Å². The topological polar surface area (TPSA) is 43.1 Å². The maximum atomic E-state index is 5.05. The molecule has 2 aliphatic rings. The Bertz CT molecular complexity index is 2070. The van der Waals surface area contributed by atoms with Gasteiger partial charge in [-0.25, -0.2) is 15.0 Å². The number of benzene rings is 3. The molecule has 7 aromatic rings. The zero-order valence-corrected chi connectivity index (χ0v) is 18.8. The van der Waals surface area contributed by atoms with Gasteiger partial charge in [0.2, 0.25) is 0 Å². The Morgan fingerprint density at radius 2 is 1.46 bits per heavy atom. The molecule has 0 spiro atoms. The highest BCUT2D eigenvalue weighted by Crippen LogP contribution is 2.50. The fraction of sp³-hybridized carbons (Fsp3) is 0.0645. The lowest BCUT2D eigenvalue weighted by molar-refractivity contribution is 1.22. The summed E-state index contributed by atoms with van der Waals surface area (Å²) in [6.07, 6.45) is 5.60. The third-order valence-electron chi connectivity index (χ3n) is 7.97. The average molecular weight is 447 g/mol. The van der Waals surface area contributed by atoms with Gasteiger partial charge in [-0.2, -0.15) is 0 Å². The van der Waals surface area contributed by atoms with Gasteiger partial charge in [-0.3, -0.25) is 4.40 Å². The summed E-state index contributed by atoms with van der Waals surface area (Å²) in [5.41, 5.74) is 14.9. The van der Waals surface area contributed by atoms with Gasteiger partial charge >= 0.3 is 0 Å². The molecule has 0 saturated carbocycles. The average Bonchev–Trinajstić information content (AvgIpc) is 3.59. The number of nitrogens with zero attached hydrogens (tertiary/aromatic N) is 4. The standard InChI is InChI=1S/C31H18N4/c1-2-6-19-17(5-1)15-24-20(19)10-9-18-16-25-22(27(18)24)12-11-21-23-7-3-14-33-30(23)35-26-8-4-13-32-29(26)34-31(35)28(21)25/h1-14H,15-16H2. The largest absolute Gasteiger partial charge is 0.274 e. The van der Waals surface area contributed by atoms with E-state index in [9.17, 15) is 0 Å². The normalized spacial score (nSPS) is 13.5. The van der Waals surface area contributed by atoms with Gasteiger partial charge in [0, 0.05) is 23.2 Å². The number of rotatable bonds is 0. The van der Waals surface area contributed by atoms with Crippen LogP contribution < -0.4 is 0 Å². The summed E-state index contributed by atoms with van der Waals surface area (Å²) in [5.74, 6) is 0. The van der Waals surface area contributed by atoms with Crippen molar-refractivity contribution in [3.63, 3.8) is 0 Å². The molecule has 4 heterocycles. The monoisotopic (exact) mass is 446 g/mol. The molecule has 0 saturated heterocycles. The van der Waals surface area contributed by atoms with E-state index in [0.29, 0.717) is 0 Å². The van der Waals surface area contributed by atoms with Crippen LogP contribution in [0, 0.1) is 0 Å². The third kappa shape index (κ3) is 2.11. The molecule has 0 aliphatic heterocycles. The van der Waals surface area contributed by atoms with Crippen molar-refractivity contribution in [3.05, 3.63) is 107 Å². The molecule has 0 N–H and O–H groups in total. The molecule has 162 valence electrons. The molecule has 0 atom stereocenters. The maximum absolute atomic E-state index is 5.05. The number of hydrogen-bond acceptors (Lipinski definition) is 3. The fourth-order valence-electron chi connectivity index (χ4n) is 6.56. The maximum Gasteiger partial charge on any atom is 0.178 e. The Balaban J connectivity index is 1.44. The Labute approximate surface area is 200 Å². The van der Waals surface area contributed by atoms with Crippen LogP contribution in [0.2, 0.25) is 0 Å².